The number of pyridine rings is 1. The van der Waals surface area contributed by atoms with Crippen molar-refractivity contribution in [3.8, 4) is 0 Å². The van der Waals surface area contributed by atoms with Crippen molar-refractivity contribution in [2.75, 3.05) is 0 Å². The lowest BCUT2D eigenvalue weighted by atomic mass is 10.3. The molecule has 0 radical (unpaired) electrons. The van der Waals surface area contributed by atoms with Gasteiger partial charge >= 0.3 is 0 Å². The molecule has 5 heteroatoms. The number of aromatic amines is 1. The number of aromatic nitrogens is 3. The third-order valence-electron chi connectivity index (χ3n) is 2.02. The number of fused-ring (bicyclic) bond motifs is 1. The SMILES string of the molecule is Cn1c(=S)[nH]c2cc(CN)cnc21. The van der Waals surface area contributed by atoms with Gasteiger partial charge in [-0.1, -0.05) is 0 Å². The highest BCUT2D eigenvalue weighted by atomic mass is 32.1. The first kappa shape index (κ1) is 8.40. The van der Waals surface area contributed by atoms with Gasteiger partial charge in [-0.2, -0.15) is 0 Å². The highest BCUT2D eigenvalue weighted by molar-refractivity contribution is 7.71. The molecular formula is C8H10N4S. The molecule has 0 amide bonds. The number of rotatable bonds is 1. The minimum absolute atomic E-state index is 0.498. The van der Waals surface area contributed by atoms with Gasteiger partial charge in [0.2, 0.25) is 0 Å². The van der Waals surface area contributed by atoms with Crippen LogP contribution in [0.5, 0.6) is 0 Å². The van der Waals surface area contributed by atoms with Crippen LogP contribution in [0.15, 0.2) is 12.3 Å². The van der Waals surface area contributed by atoms with Gasteiger partial charge < -0.3 is 15.3 Å². The standard InChI is InChI=1S/C8H10N4S/c1-12-7-6(11-8(12)13)2-5(3-9)4-10-7/h2,4H,3,9H2,1H3,(H,11,13). The van der Waals surface area contributed by atoms with E-state index < -0.39 is 0 Å². The molecule has 2 aromatic rings. The van der Waals surface area contributed by atoms with Gasteiger partial charge in [0, 0.05) is 19.8 Å². The molecule has 0 aromatic carbocycles. The first-order valence-corrected chi connectivity index (χ1v) is 4.37. The maximum atomic E-state index is 5.50. The van der Waals surface area contributed by atoms with Crippen LogP contribution in [0.2, 0.25) is 0 Å². The average Bonchev–Trinajstić information content (AvgIpc) is 2.42. The van der Waals surface area contributed by atoms with E-state index in [1.54, 1.807) is 6.20 Å². The molecule has 0 aliphatic carbocycles. The molecule has 0 atom stereocenters. The summed E-state index contributed by atoms with van der Waals surface area (Å²) in [5, 5.41) is 0. The van der Waals surface area contributed by atoms with Crippen molar-refractivity contribution >= 4 is 23.4 Å². The van der Waals surface area contributed by atoms with Crippen LogP contribution < -0.4 is 5.73 Å². The molecule has 2 rings (SSSR count). The third kappa shape index (κ3) is 1.26. The fourth-order valence-electron chi connectivity index (χ4n) is 1.27. The minimum atomic E-state index is 0.498. The summed E-state index contributed by atoms with van der Waals surface area (Å²) < 4.78 is 2.52. The number of nitrogens with zero attached hydrogens (tertiary/aromatic N) is 2. The monoisotopic (exact) mass is 194 g/mol. The van der Waals surface area contributed by atoms with Crippen LogP contribution in [0.4, 0.5) is 0 Å². The number of nitrogens with two attached hydrogens (primary N) is 1. The van der Waals surface area contributed by atoms with Crippen molar-refractivity contribution in [3.63, 3.8) is 0 Å². The normalized spacial score (nSPS) is 10.9. The molecule has 0 unspecified atom stereocenters. The quantitative estimate of drug-likeness (QED) is 0.668. The van der Waals surface area contributed by atoms with E-state index in [9.17, 15) is 0 Å². The summed E-state index contributed by atoms with van der Waals surface area (Å²) in [4.78, 5) is 7.32. The molecule has 3 N–H and O–H groups in total. The van der Waals surface area contributed by atoms with E-state index in [4.69, 9.17) is 18.0 Å². The molecule has 4 nitrogen and oxygen atoms in total. The lowest BCUT2D eigenvalue weighted by Gasteiger charge is -1.96. The second-order valence-electron chi connectivity index (χ2n) is 2.91. The Morgan fingerprint density at radius 2 is 2.46 bits per heavy atom. The van der Waals surface area contributed by atoms with E-state index in [2.05, 4.69) is 9.97 Å². The molecular weight excluding hydrogens is 184 g/mol. The van der Waals surface area contributed by atoms with Crippen molar-refractivity contribution in [1.29, 1.82) is 0 Å². The fraction of sp³-hybridized carbons (Fsp3) is 0.250. The zero-order valence-electron chi connectivity index (χ0n) is 7.24. The predicted octanol–water partition coefficient (Wildman–Crippen LogP) is 1.09. The molecule has 13 heavy (non-hydrogen) atoms. The fourth-order valence-corrected chi connectivity index (χ4v) is 1.46. The van der Waals surface area contributed by atoms with Crippen molar-refractivity contribution in [2.45, 2.75) is 6.54 Å². The van der Waals surface area contributed by atoms with Crippen LogP contribution in [-0.4, -0.2) is 14.5 Å². The van der Waals surface area contributed by atoms with Crippen LogP contribution in [0.25, 0.3) is 11.2 Å². The second-order valence-corrected chi connectivity index (χ2v) is 3.29. The van der Waals surface area contributed by atoms with E-state index in [1.807, 2.05) is 17.7 Å². The van der Waals surface area contributed by atoms with Gasteiger partial charge in [-0.15, -0.1) is 0 Å². The minimum Gasteiger partial charge on any atom is -0.329 e. The number of hydrogen-bond acceptors (Lipinski definition) is 3. The Morgan fingerprint density at radius 3 is 3.15 bits per heavy atom. The predicted molar refractivity (Wildman–Crippen MR) is 53.8 cm³/mol. The van der Waals surface area contributed by atoms with Gasteiger partial charge in [0.1, 0.15) is 0 Å². The zero-order chi connectivity index (χ0) is 9.42. The van der Waals surface area contributed by atoms with Gasteiger partial charge in [0.25, 0.3) is 0 Å². The second kappa shape index (κ2) is 2.93. The molecule has 68 valence electrons. The molecule has 0 aliphatic heterocycles. The van der Waals surface area contributed by atoms with Crippen LogP contribution >= 0.6 is 12.2 Å². The zero-order valence-corrected chi connectivity index (χ0v) is 8.06. The first-order chi connectivity index (χ1) is 6.22. The summed E-state index contributed by atoms with van der Waals surface area (Å²) >= 11 is 5.07. The topological polar surface area (TPSA) is 59.6 Å². The number of aryl methyl sites for hydroxylation is 1. The molecule has 0 spiro atoms. The van der Waals surface area contributed by atoms with Crippen molar-refractivity contribution < 1.29 is 0 Å². The van der Waals surface area contributed by atoms with Gasteiger partial charge in [0.15, 0.2) is 10.4 Å². The lowest BCUT2D eigenvalue weighted by molar-refractivity contribution is 0.910. The Labute approximate surface area is 80.4 Å². The van der Waals surface area contributed by atoms with E-state index >= 15 is 0 Å². The van der Waals surface area contributed by atoms with Crippen molar-refractivity contribution in [2.24, 2.45) is 12.8 Å². The number of imidazole rings is 1. The molecule has 0 bridgehead atoms. The summed E-state index contributed by atoms with van der Waals surface area (Å²) in [6.45, 7) is 0.498. The Hall–Kier alpha value is -1.20. The largest absolute Gasteiger partial charge is 0.329 e. The Kier molecular flexibility index (Phi) is 1.90. The Morgan fingerprint density at radius 1 is 1.69 bits per heavy atom. The molecule has 2 heterocycles. The molecule has 2 aromatic heterocycles. The summed E-state index contributed by atoms with van der Waals surface area (Å²) in [6.07, 6.45) is 1.77. The van der Waals surface area contributed by atoms with E-state index in [1.165, 1.54) is 0 Å². The molecule has 0 aliphatic rings. The maximum absolute atomic E-state index is 5.50. The lowest BCUT2D eigenvalue weighted by Crippen LogP contribution is -1.97. The van der Waals surface area contributed by atoms with E-state index in [0.717, 1.165) is 16.7 Å². The summed E-state index contributed by atoms with van der Waals surface area (Å²) in [5.74, 6) is 0. The van der Waals surface area contributed by atoms with Gasteiger partial charge in [-0.3, -0.25) is 0 Å². The van der Waals surface area contributed by atoms with Crippen molar-refractivity contribution in [1.82, 2.24) is 14.5 Å². The number of nitrogens with one attached hydrogen (secondary N) is 1. The highest BCUT2D eigenvalue weighted by Gasteiger charge is 2.01. The van der Waals surface area contributed by atoms with Crippen molar-refractivity contribution in [3.05, 3.63) is 22.6 Å². The number of hydrogen-bond donors (Lipinski definition) is 2. The van der Waals surface area contributed by atoms with Gasteiger partial charge in [-0.05, 0) is 23.8 Å². The van der Waals surface area contributed by atoms with Gasteiger partial charge in [0.05, 0.1) is 5.52 Å². The highest BCUT2D eigenvalue weighted by Crippen LogP contribution is 2.11. The number of H-pyrrole nitrogens is 1. The Bertz CT molecular complexity index is 496. The molecule has 0 fully saturated rings. The average molecular weight is 194 g/mol. The Balaban J connectivity index is 2.80. The van der Waals surface area contributed by atoms with Crippen LogP contribution in [0, 0.1) is 4.77 Å². The van der Waals surface area contributed by atoms with Crippen LogP contribution in [0.1, 0.15) is 5.56 Å². The third-order valence-corrected chi connectivity index (χ3v) is 2.40. The van der Waals surface area contributed by atoms with Crippen LogP contribution in [-0.2, 0) is 13.6 Å². The summed E-state index contributed by atoms with van der Waals surface area (Å²) in [7, 11) is 1.89. The maximum Gasteiger partial charge on any atom is 0.179 e. The van der Waals surface area contributed by atoms with Gasteiger partial charge in [-0.25, -0.2) is 4.98 Å². The molecule has 0 saturated carbocycles. The summed E-state index contributed by atoms with van der Waals surface area (Å²) in [5.41, 5.74) is 8.31. The summed E-state index contributed by atoms with van der Waals surface area (Å²) in [6, 6.07) is 1.97. The molecule has 0 saturated heterocycles. The van der Waals surface area contributed by atoms with Crippen LogP contribution in [0.3, 0.4) is 0 Å². The first-order valence-electron chi connectivity index (χ1n) is 3.96. The van der Waals surface area contributed by atoms with E-state index in [-0.39, 0.29) is 0 Å². The van der Waals surface area contributed by atoms with E-state index in [0.29, 0.717) is 11.3 Å². The smallest absolute Gasteiger partial charge is 0.179 e.